The highest BCUT2D eigenvalue weighted by atomic mass is 32.2. The highest BCUT2D eigenvalue weighted by Gasteiger charge is 2.31. The summed E-state index contributed by atoms with van der Waals surface area (Å²) >= 11 is 0. The Labute approximate surface area is 183 Å². The van der Waals surface area contributed by atoms with Crippen molar-refractivity contribution >= 4 is 33.2 Å². The van der Waals surface area contributed by atoms with Gasteiger partial charge in [-0.2, -0.15) is 0 Å². The number of hydrogen-bond donors (Lipinski definition) is 2. The van der Waals surface area contributed by atoms with E-state index in [0.29, 0.717) is 49.3 Å². The maximum Gasteiger partial charge on any atom is 0.255 e. The summed E-state index contributed by atoms with van der Waals surface area (Å²) in [4.78, 5) is 25.3. The van der Waals surface area contributed by atoms with E-state index in [4.69, 9.17) is 0 Å². The highest BCUT2D eigenvalue weighted by molar-refractivity contribution is 7.89. The Kier molecular flexibility index (Phi) is 7.81. The third-order valence-electron chi connectivity index (χ3n) is 5.44. The molecular weight excluding hydrogens is 414 g/mol. The molecule has 0 aliphatic carbocycles. The van der Waals surface area contributed by atoms with Crippen LogP contribution in [-0.4, -0.2) is 43.4 Å². The number of piperidine rings is 1. The molecule has 2 aromatic carbocycles. The summed E-state index contributed by atoms with van der Waals surface area (Å²) in [5.41, 5.74) is 1.57. The topological polar surface area (TPSA) is 95.6 Å². The van der Waals surface area contributed by atoms with Crippen molar-refractivity contribution in [2.75, 3.05) is 29.5 Å². The van der Waals surface area contributed by atoms with Crippen LogP contribution >= 0.6 is 0 Å². The number of amides is 2. The van der Waals surface area contributed by atoms with E-state index in [0.717, 1.165) is 6.42 Å². The Balaban J connectivity index is 1.60. The largest absolute Gasteiger partial charge is 0.324 e. The zero-order valence-electron chi connectivity index (χ0n) is 17.7. The molecule has 2 aromatic rings. The van der Waals surface area contributed by atoms with Crippen LogP contribution in [0.1, 0.15) is 43.0 Å². The highest BCUT2D eigenvalue weighted by Crippen LogP contribution is 2.26. The van der Waals surface area contributed by atoms with E-state index < -0.39 is 10.0 Å². The van der Waals surface area contributed by atoms with Gasteiger partial charge >= 0.3 is 0 Å². The van der Waals surface area contributed by atoms with Crippen molar-refractivity contribution in [1.29, 1.82) is 0 Å². The maximum absolute atomic E-state index is 12.8. The summed E-state index contributed by atoms with van der Waals surface area (Å²) in [7, 11) is -3.25. The van der Waals surface area contributed by atoms with Gasteiger partial charge in [0.05, 0.1) is 17.1 Å². The SMILES string of the molecule is CCCCS(=O)(=O)N1CCC(C(=O)Nc2ccccc2NC(=O)c2ccccc2)CC1. The van der Waals surface area contributed by atoms with Crippen molar-refractivity contribution in [2.45, 2.75) is 32.6 Å². The van der Waals surface area contributed by atoms with Crippen molar-refractivity contribution in [3.05, 3.63) is 60.2 Å². The van der Waals surface area contributed by atoms with E-state index in [1.165, 1.54) is 4.31 Å². The average molecular weight is 444 g/mol. The quantitative estimate of drug-likeness (QED) is 0.650. The number of rotatable bonds is 8. The lowest BCUT2D eigenvalue weighted by molar-refractivity contribution is -0.120. The fraction of sp³-hybridized carbons (Fsp3) is 0.391. The maximum atomic E-state index is 12.8. The fourth-order valence-electron chi connectivity index (χ4n) is 3.57. The molecule has 7 nitrogen and oxygen atoms in total. The number of nitrogens with one attached hydrogen (secondary N) is 2. The van der Waals surface area contributed by atoms with E-state index in [2.05, 4.69) is 10.6 Å². The number of nitrogens with zero attached hydrogens (tertiary/aromatic N) is 1. The Morgan fingerprint density at radius 3 is 2.13 bits per heavy atom. The lowest BCUT2D eigenvalue weighted by atomic mass is 9.97. The smallest absolute Gasteiger partial charge is 0.255 e. The van der Waals surface area contributed by atoms with E-state index in [-0.39, 0.29) is 23.5 Å². The normalized spacial score (nSPS) is 15.4. The summed E-state index contributed by atoms with van der Waals surface area (Å²) in [6, 6.07) is 15.9. The molecule has 1 saturated heterocycles. The number of hydrogen-bond acceptors (Lipinski definition) is 4. The second-order valence-electron chi connectivity index (χ2n) is 7.70. The van der Waals surface area contributed by atoms with Gasteiger partial charge in [0.25, 0.3) is 5.91 Å². The third kappa shape index (κ3) is 6.15. The molecule has 1 aliphatic rings. The molecule has 0 unspecified atom stereocenters. The lowest BCUT2D eigenvalue weighted by Crippen LogP contribution is -2.42. The van der Waals surface area contributed by atoms with Gasteiger partial charge in [0, 0.05) is 24.6 Å². The monoisotopic (exact) mass is 443 g/mol. The molecule has 166 valence electrons. The van der Waals surface area contributed by atoms with Crippen LogP contribution in [0.25, 0.3) is 0 Å². The summed E-state index contributed by atoms with van der Waals surface area (Å²) < 4.78 is 26.2. The second-order valence-corrected chi connectivity index (χ2v) is 9.79. The predicted molar refractivity (Wildman–Crippen MR) is 122 cm³/mol. The van der Waals surface area contributed by atoms with E-state index in [1.54, 1.807) is 48.5 Å². The Morgan fingerprint density at radius 2 is 1.52 bits per heavy atom. The number of unbranched alkanes of at least 4 members (excludes halogenated alkanes) is 1. The van der Waals surface area contributed by atoms with Crippen molar-refractivity contribution in [2.24, 2.45) is 5.92 Å². The summed E-state index contributed by atoms with van der Waals surface area (Å²) in [6.45, 7) is 2.68. The molecule has 3 rings (SSSR count). The number of anilines is 2. The number of para-hydroxylation sites is 2. The molecule has 0 radical (unpaired) electrons. The van der Waals surface area contributed by atoms with Gasteiger partial charge in [-0.1, -0.05) is 43.7 Å². The van der Waals surface area contributed by atoms with Gasteiger partial charge in [0.1, 0.15) is 0 Å². The Bertz CT molecular complexity index is 1000. The second kappa shape index (κ2) is 10.5. The molecule has 1 fully saturated rings. The van der Waals surface area contributed by atoms with Crippen molar-refractivity contribution in [3.8, 4) is 0 Å². The number of benzene rings is 2. The van der Waals surface area contributed by atoms with E-state index in [9.17, 15) is 18.0 Å². The van der Waals surface area contributed by atoms with Gasteiger partial charge in [-0.15, -0.1) is 0 Å². The van der Waals surface area contributed by atoms with Gasteiger partial charge in [0.15, 0.2) is 0 Å². The number of sulfonamides is 1. The first kappa shape index (κ1) is 23.0. The molecule has 0 bridgehead atoms. The molecule has 8 heteroatoms. The van der Waals surface area contributed by atoms with Crippen LogP contribution in [0.2, 0.25) is 0 Å². The number of carbonyl (C=O) groups is 2. The zero-order chi connectivity index (χ0) is 22.3. The predicted octanol–water partition coefficient (Wildman–Crippen LogP) is 3.72. The third-order valence-corrected chi connectivity index (χ3v) is 7.40. The first-order valence-corrected chi connectivity index (χ1v) is 12.3. The van der Waals surface area contributed by atoms with Crippen LogP contribution in [0.3, 0.4) is 0 Å². The zero-order valence-corrected chi connectivity index (χ0v) is 18.5. The van der Waals surface area contributed by atoms with E-state index >= 15 is 0 Å². The van der Waals surface area contributed by atoms with Crippen molar-refractivity contribution < 1.29 is 18.0 Å². The van der Waals surface area contributed by atoms with Crippen LogP contribution < -0.4 is 10.6 Å². The molecule has 31 heavy (non-hydrogen) atoms. The summed E-state index contributed by atoms with van der Waals surface area (Å²) in [5.74, 6) is -0.523. The number of carbonyl (C=O) groups excluding carboxylic acids is 2. The molecule has 1 heterocycles. The fourth-order valence-corrected chi connectivity index (χ4v) is 5.25. The van der Waals surface area contributed by atoms with Crippen LogP contribution in [0.15, 0.2) is 54.6 Å². The minimum atomic E-state index is -3.25. The Hall–Kier alpha value is -2.71. The minimum Gasteiger partial charge on any atom is -0.324 e. The molecule has 0 spiro atoms. The summed E-state index contributed by atoms with van der Waals surface area (Å²) in [5, 5.41) is 5.74. The molecule has 0 saturated carbocycles. The van der Waals surface area contributed by atoms with Crippen LogP contribution in [-0.2, 0) is 14.8 Å². The first-order chi connectivity index (χ1) is 14.9. The molecule has 2 N–H and O–H groups in total. The molecule has 2 amide bonds. The molecule has 0 aromatic heterocycles. The van der Waals surface area contributed by atoms with Gasteiger partial charge in [-0.25, -0.2) is 12.7 Å². The molecule has 0 atom stereocenters. The standard InChI is InChI=1S/C23H29N3O4S/c1-2-3-17-31(29,30)26-15-13-19(14-16-26)23(28)25-21-12-8-7-11-20(21)24-22(27)18-9-5-4-6-10-18/h4-12,19H,2-3,13-17H2,1H3,(H,24,27)(H,25,28). The van der Waals surface area contributed by atoms with Crippen LogP contribution in [0.5, 0.6) is 0 Å². The minimum absolute atomic E-state index is 0.160. The van der Waals surface area contributed by atoms with Gasteiger partial charge in [0.2, 0.25) is 15.9 Å². The molecule has 1 aliphatic heterocycles. The summed E-state index contributed by atoms with van der Waals surface area (Å²) in [6.07, 6.45) is 2.44. The van der Waals surface area contributed by atoms with Crippen LogP contribution in [0, 0.1) is 5.92 Å². The van der Waals surface area contributed by atoms with Crippen molar-refractivity contribution in [1.82, 2.24) is 4.31 Å². The van der Waals surface area contributed by atoms with Gasteiger partial charge < -0.3 is 10.6 Å². The van der Waals surface area contributed by atoms with E-state index in [1.807, 2.05) is 13.0 Å². The van der Waals surface area contributed by atoms with Gasteiger partial charge in [-0.3, -0.25) is 9.59 Å². The molecular formula is C23H29N3O4S. The van der Waals surface area contributed by atoms with Crippen molar-refractivity contribution in [3.63, 3.8) is 0 Å². The Morgan fingerprint density at radius 1 is 0.935 bits per heavy atom. The average Bonchev–Trinajstić information content (AvgIpc) is 2.79. The van der Waals surface area contributed by atoms with Gasteiger partial charge in [-0.05, 0) is 43.5 Å². The van der Waals surface area contributed by atoms with Crippen LogP contribution in [0.4, 0.5) is 11.4 Å². The first-order valence-electron chi connectivity index (χ1n) is 10.6. The lowest BCUT2D eigenvalue weighted by Gasteiger charge is -2.30.